The smallest absolute Gasteiger partial charge is 0.240 e. The van der Waals surface area contributed by atoms with Gasteiger partial charge in [-0.2, -0.15) is 0 Å². The SMILES string of the molecule is CCCCNS(=O)(=O)c1cccc(NC(=O)CCC(=O)c2ccc(C)c(C)c2)c1. The Balaban J connectivity index is 1.95. The molecule has 0 radical (unpaired) electrons. The van der Waals surface area contributed by atoms with Gasteiger partial charge in [0.25, 0.3) is 0 Å². The molecule has 29 heavy (non-hydrogen) atoms. The Labute approximate surface area is 172 Å². The lowest BCUT2D eigenvalue weighted by Crippen LogP contribution is -2.24. The molecular weight excluding hydrogens is 388 g/mol. The zero-order chi connectivity index (χ0) is 21.4. The fraction of sp³-hybridized carbons (Fsp3) is 0.364. The summed E-state index contributed by atoms with van der Waals surface area (Å²) in [7, 11) is -3.62. The first-order valence-corrected chi connectivity index (χ1v) is 11.2. The number of unbranched alkanes of at least 4 members (excludes halogenated alkanes) is 1. The average molecular weight is 417 g/mol. The average Bonchev–Trinajstić information content (AvgIpc) is 2.68. The first kappa shape index (κ1) is 22.8. The van der Waals surface area contributed by atoms with E-state index in [2.05, 4.69) is 10.0 Å². The van der Waals surface area contributed by atoms with Crippen LogP contribution >= 0.6 is 0 Å². The second kappa shape index (κ2) is 10.3. The predicted molar refractivity (Wildman–Crippen MR) is 115 cm³/mol. The third kappa shape index (κ3) is 6.80. The highest BCUT2D eigenvalue weighted by atomic mass is 32.2. The molecule has 0 atom stereocenters. The molecule has 0 spiro atoms. The summed E-state index contributed by atoms with van der Waals surface area (Å²) in [6.45, 7) is 6.27. The molecule has 7 heteroatoms. The van der Waals surface area contributed by atoms with Crippen LogP contribution in [0.1, 0.15) is 54.1 Å². The molecule has 0 heterocycles. The summed E-state index contributed by atoms with van der Waals surface area (Å²) in [5, 5.41) is 2.67. The second-order valence-corrected chi connectivity index (χ2v) is 8.82. The van der Waals surface area contributed by atoms with E-state index in [9.17, 15) is 18.0 Å². The highest BCUT2D eigenvalue weighted by molar-refractivity contribution is 7.89. The van der Waals surface area contributed by atoms with Crippen molar-refractivity contribution >= 4 is 27.4 Å². The van der Waals surface area contributed by atoms with Gasteiger partial charge in [-0.1, -0.05) is 31.5 Å². The Bertz CT molecular complexity index is 984. The van der Waals surface area contributed by atoms with E-state index in [4.69, 9.17) is 0 Å². The van der Waals surface area contributed by atoms with Crippen molar-refractivity contribution in [2.45, 2.75) is 51.3 Å². The Morgan fingerprint density at radius 1 is 0.966 bits per heavy atom. The minimum Gasteiger partial charge on any atom is -0.326 e. The summed E-state index contributed by atoms with van der Waals surface area (Å²) in [4.78, 5) is 24.6. The lowest BCUT2D eigenvalue weighted by atomic mass is 10.0. The number of nitrogens with one attached hydrogen (secondary N) is 2. The third-order valence-corrected chi connectivity index (χ3v) is 6.12. The van der Waals surface area contributed by atoms with Gasteiger partial charge in [0.15, 0.2) is 5.78 Å². The Hall–Kier alpha value is -2.51. The van der Waals surface area contributed by atoms with E-state index in [1.165, 1.54) is 12.1 Å². The summed E-state index contributed by atoms with van der Waals surface area (Å²) in [6, 6.07) is 11.6. The maximum atomic E-state index is 12.3. The number of ketones is 1. The standard InChI is InChI=1S/C22H28N2O4S/c1-4-5-13-23-29(27,28)20-8-6-7-19(15-20)24-22(26)12-11-21(25)18-10-9-16(2)17(3)14-18/h6-10,14-15,23H,4-5,11-13H2,1-3H3,(H,24,26). The molecule has 6 nitrogen and oxygen atoms in total. The van der Waals surface area contributed by atoms with E-state index in [0.29, 0.717) is 17.8 Å². The number of aryl methyl sites for hydroxylation is 2. The van der Waals surface area contributed by atoms with Gasteiger partial charge in [0.2, 0.25) is 15.9 Å². The van der Waals surface area contributed by atoms with E-state index >= 15 is 0 Å². The van der Waals surface area contributed by atoms with E-state index in [1.807, 2.05) is 32.9 Å². The van der Waals surface area contributed by atoms with Gasteiger partial charge in [-0.15, -0.1) is 0 Å². The van der Waals surface area contributed by atoms with Crippen molar-refractivity contribution in [1.82, 2.24) is 4.72 Å². The van der Waals surface area contributed by atoms with Crippen LogP contribution in [0.5, 0.6) is 0 Å². The highest BCUT2D eigenvalue weighted by Gasteiger charge is 2.15. The van der Waals surface area contributed by atoms with Crippen LogP contribution in [0.2, 0.25) is 0 Å². The minimum absolute atomic E-state index is 0.0253. The topological polar surface area (TPSA) is 92.3 Å². The Morgan fingerprint density at radius 2 is 1.72 bits per heavy atom. The van der Waals surface area contributed by atoms with Gasteiger partial charge >= 0.3 is 0 Å². The minimum atomic E-state index is -3.62. The van der Waals surface area contributed by atoms with E-state index < -0.39 is 10.0 Å². The number of carbonyl (C=O) groups is 2. The number of carbonyl (C=O) groups excluding carboxylic acids is 2. The maximum Gasteiger partial charge on any atom is 0.240 e. The van der Waals surface area contributed by atoms with Crippen LogP contribution in [0.15, 0.2) is 47.4 Å². The molecule has 0 aliphatic heterocycles. The predicted octanol–water partition coefficient (Wildman–Crippen LogP) is 3.98. The number of amides is 1. The van der Waals surface area contributed by atoms with Crippen molar-refractivity contribution in [3.05, 3.63) is 59.2 Å². The van der Waals surface area contributed by atoms with Crippen molar-refractivity contribution in [2.75, 3.05) is 11.9 Å². The Kier molecular flexibility index (Phi) is 8.10. The first-order chi connectivity index (χ1) is 13.7. The number of anilines is 1. The largest absolute Gasteiger partial charge is 0.326 e. The second-order valence-electron chi connectivity index (χ2n) is 7.05. The monoisotopic (exact) mass is 416 g/mol. The molecule has 1 amide bonds. The van der Waals surface area contributed by atoms with Gasteiger partial charge in [0.1, 0.15) is 0 Å². The quantitative estimate of drug-likeness (QED) is 0.453. The molecular formula is C22H28N2O4S. The summed E-state index contributed by atoms with van der Waals surface area (Å²) in [6.07, 6.45) is 1.76. The summed E-state index contributed by atoms with van der Waals surface area (Å²) < 4.78 is 27.1. The molecule has 0 fully saturated rings. The van der Waals surface area contributed by atoms with E-state index in [-0.39, 0.29) is 29.4 Å². The molecule has 0 saturated carbocycles. The molecule has 0 aliphatic carbocycles. The van der Waals surface area contributed by atoms with Crippen molar-refractivity contribution < 1.29 is 18.0 Å². The van der Waals surface area contributed by atoms with Gasteiger partial charge < -0.3 is 5.32 Å². The fourth-order valence-electron chi connectivity index (χ4n) is 2.72. The van der Waals surface area contributed by atoms with Crippen LogP contribution in [-0.2, 0) is 14.8 Å². The van der Waals surface area contributed by atoms with Gasteiger partial charge in [-0.3, -0.25) is 9.59 Å². The zero-order valence-corrected chi connectivity index (χ0v) is 17.9. The van der Waals surface area contributed by atoms with Gasteiger partial charge in [-0.05, 0) is 55.7 Å². The molecule has 0 aromatic heterocycles. The molecule has 0 bridgehead atoms. The van der Waals surface area contributed by atoms with Crippen LogP contribution in [0.25, 0.3) is 0 Å². The third-order valence-electron chi connectivity index (χ3n) is 4.66. The molecule has 2 aromatic carbocycles. The molecule has 0 saturated heterocycles. The van der Waals surface area contributed by atoms with Crippen LogP contribution in [0.4, 0.5) is 5.69 Å². The summed E-state index contributed by atoms with van der Waals surface area (Å²) >= 11 is 0. The number of Topliss-reactive ketones (excluding diaryl/α,β-unsaturated/α-hetero) is 1. The lowest BCUT2D eigenvalue weighted by molar-refractivity contribution is -0.116. The number of sulfonamides is 1. The first-order valence-electron chi connectivity index (χ1n) is 9.73. The summed E-state index contributed by atoms with van der Waals surface area (Å²) in [5.74, 6) is -0.435. The normalized spacial score (nSPS) is 11.3. The van der Waals surface area contributed by atoms with Crippen LogP contribution in [-0.4, -0.2) is 26.7 Å². The molecule has 2 aromatic rings. The van der Waals surface area contributed by atoms with E-state index in [0.717, 1.165) is 24.0 Å². The van der Waals surface area contributed by atoms with Gasteiger partial charge in [0.05, 0.1) is 4.90 Å². The van der Waals surface area contributed by atoms with E-state index in [1.54, 1.807) is 18.2 Å². The van der Waals surface area contributed by atoms with Gasteiger partial charge in [0, 0.05) is 30.6 Å². The molecule has 2 rings (SSSR count). The highest BCUT2D eigenvalue weighted by Crippen LogP contribution is 2.17. The number of hydrogen-bond donors (Lipinski definition) is 2. The van der Waals surface area contributed by atoms with Crippen molar-refractivity contribution in [3.63, 3.8) is 0 Å². The van der Waals surface area contributed by atoms with Crippen LogP contribution in [0, 0.1) is 13.8 Å². The molecule has 156 valence electrons. The maximum absolute atomic E-state index is 12.3. The molecule has 0 aliphatic rings. The summed E-state index contributed by atoms with van der Waals surface area (Å²) in [5.41, 5.74) is 3.11. The van der Waals surface area contributed by atoms with Crippen molar-refractivity contribution in [2.24, 2.45) is 0 Å². The number of rotatable bonds is 10. The molecule has 2 N–H and O–H groups in total. The van der Waals surface area contributed by atoms with Crippen molar-refractivity contribution in [1.29, 1.82) is 0 Å². The number of hydrogen-bond acceptors (Lipinski definition) is 4. The van der Waals surface area contributed by atoms with Crippen LogP contribution in [0.3, 0.4) is 0 Å². The zero-order valence-electron chi connectivity index (χ0n) is 17.1. The van der Waals surface area contributed by atoms with Crippen molar-refractivity contribution in [3.8, 4) is 0 Å². The van der Waals surface area contributed by atoms with Gasteiger partial charge in [-0.25, -0.2) is 13.1 Å². The lowest BCUT2D eigenvalue weighted by Gasteiger charge is -2.09. The fourth-order valence-corrected chi connectivity index (χ4v) is 3.84. The van der Waals surface area contributed by atoms with Crippen LogP contribution < -0.4 is 10.0 Å². The number of benzene rings is 2. The Morgan fingerprint density at radius 3 is 2.41 bits per heavy atom. The molecule has 0 unspecified atom stereocenters.